The van der Waals surface area contributed by atoms with Gasteiger partial charge in [0.25, 0.3) is 0 Å². The first-order valence-electron chi connectivity index (χ1n) is 8.54. The lowest BCUT2D eigenvalue weighted by Crippen LogP contribution is -2.43. The van der Waals surface area contributed by atoms with E-state index in [-0.39, 0.29) is 36.1 Å². The predicted molar refractivity (Wildman–Crippen MR) is 105 cm³/mol. The average Bonchev–Trinajstić information content (AvgIpc) is 2.65. The Kier molecular flexibility index (Phi) is 7.44. The number of benzene rings is 2. The van der Waals surface area contributed by atoms with Gasteiger partial charge in [-0.15, -0.1) is 12.4 Å². The molecule has 0 radical (unpaired) electrons. The van der Waals surface area contributed by atoms with Crippen LogP contribution in [0.1, 0.15) is 30.0 Å². The number of carbonyl (C=O) groups is 1. The fraction of sp³-hybridized carbons (Fsp3) is 0.350. The van der Waals surface area contributed by atoms with Crippen molar-refractivity contribution >= 4 is 29.9 Å². The van der Waals surface area contributed by atoms with Crippen molar-refractivity contribution in [1.29, 1.82) is 0 Å². The molecule has 3 rings (SSSR count). The second-order valence-electron chi connectivity index (χ2n) is 6.50. The van der Waals surface area contributed by atoms with Crippen LogP contribution in [0.25, 0.3) is 0 Å². The molecule has 26 heavy (non-hydrogen) atoms. The average molecular weight is 397 g/mol. The second-order valence-corrected chi connectivity index (χ2v) is 6.93. The first-order chi connectivity index (χ1) is 12.1. The van der Waals surface area contributed by atoms with E-state index in [2.05, 4.69) is 5.32 Å². The Morgan fingerprint density at radius 2 is 1.73 bits per heavy atom. The van der Waals surface area contributed by atoms with Crippen LogP contribution in [0.3, 0.4) is 0 Å². The van der Waals surface area contributed by atoms with Crippen LogP contribution in [-0.2, 0) is 4.79 Å². The van der Waals surface area contributed by atoms with Gasteiger partial charge in [0.2, 0.25) is 5.91 Å². The Morgan fingerprint density at radius 1 is 1.15 bits per heavy atom. The maximum Gasteiger partial charge on any atom is 0.227 e. The van der Waals surface area contributed by atoms with Gasteiger partial charge in [0.1, 0.15) is 5.82 Å². The molecule has 1 saturated heterocycles. The largest absolute Gasteiger partial charge is 0.334 e. The topological polar surface area (TPSA) is 32.3 Å². The third kappa shape index (κ3) is 4.76. The standard InChI is InChI=1S/C20H22ClFN2O.ClH/c1-24(20(25)16-3-2-12-23-13-16)19(14-4-8-17(21)9-5-14)15-6-10-18(22)11-7-15;/h4-11,16,19,23H,2-3,12-13H2,1H3;1H. The van der Waals surface area contributed by atoms with Crippen LogP contribution >= 0.6 is 24.0 Å². The van der Waals surface area contributed by atoms with Crippen LogP contribution in [0.5, 0.6) is 0 Å². The molecule has 2 aromatic rings. The zero-order chi connectivity index (χ0) is 17.8. The molecule has 2 atom stereocenters. The van der Waals surface area contributed by atoms with Gasteiger partial charge >= 0.3 is 0 Å². The maximum atomic E-state index is 13.3. The van der Waals surface area contributed by atoms with Crippen LogP contribution in [0.2, 0.25) is 5.02 Å². The third-order valence-corrected chi connectivity index (χ3v) is 5.00. The van der Waals surface area contributed by atoms with Crippen molar-refractivity contribution in [3.8, 4) is 0 Å². The smallest absolute Gasteiger partial charge is 0.227 e. The maximum absolute atomic E-state index is 13.3. The molecule has 1 aliphatic heterocycles. The summed E-state index contributed by atoms with van der Waals surface area (Å²) in [6, 6.07) is 13.5. The monoisotopic (exact) mass is 396 g/mol. The molecule has 6 heteroatoms. The minimum Gasteiger partial charge on any atom is -0.334 e. The number of halogens is 3. The summed E-state index contributed by atoms with van der Waals surface area (Å²) in [6.45, 7) is 1.67. The number of nitrogens with one attached hydrogen (secondary N) is 1. The van der Waals surface area contributed by atoms with Crippen LogP contribution in [0.4, 0.5) is 4.39 Å². The summed E-state index contributed by atoms with van der Waals surface area (Å²) in [5, 5.41) is 3.93. The van der Waals surface area contributed by atoms with Crippen molar-refractivity contribution in [3.05, 3.63) is 70.5 Å². The highest BCUT2D eigenvalue weighted by Crippen LogP contribution is 2.30. The Morgan fingerprint density at radius 3 is 2.27 bits per heavy atom. The third-order valence-electron chi connectivity index (χ3n) is 4.75. The van der Waals surface area contributed by atoms with Crippen LogP contribution in [0.15, 0.2) is 48.5 Å². The Balaban J connectivity index is 0.00000243. The molecule has 1 amide bonds. The molecule has 0 saturated carbocycles. The van der Waals surface area contributed by atoms with Gasteiger partial charge in [0, 0.05) is 18.6 Å². The number of hydrogen-bond acceptors (Lipinski definition) is 2. The van der Waals surface area contributed by atoms with Crippen molar-refractivity contribution in [2.75, 3.05) is 20.1 Å². The van der Waals surface area contributed by atoms with Crippen LogP contribution in [-0.4, -0.2) is 30.9 Å². The summed E-state index contributed by atoms with van der Waals surface area (Å²) in [5.74, 6) is -0.200. The van der Waals surface area contributed by atoms with Crippen molar-refractivity contribution in [1.82, 2.24) is 10.2 Å². The molecule has 0 bridgehead atoms. The van der Waals surface area contributed by atoms with Crippen molar-refractivity contribution in [2.45, 2.75) is 18.9 Å². The van der Waals surface area contributed by atoms with E-state index in [9.17, 15) is 9.18 Å². The molecule has 0 aromatic heterocycles. The van der Waals surface area contributed by atoms with Crippen LogP contribution in [0, 0.1) is 11.7 Å². The minimum absolute atomic E-state index is 0. The molecule has 3 nitrogen and oxygen atoms in total. The highest BCUT2D eigenvalue weighted by atomic mass is 35.5. The van der Waals surface area contributed by atoms with Crippen molar-refractivity contribution in [2.24, 2.45) is 5.92 Å². The van der Waals surface area contributed by atoms with Gasteiger partial charge in [-0.05, 0) is 54.8 Å². The van der Waals surface area contributed by atoms with Gasteiger partial charge in [-0.1, -0.05) is 35.9 Å². The zero-order valence-electron chi connectivity index (χ0n) is 14.6. The molecule has 0 spiro atoms. The Bertz CT molecular complexity index is 670. The number of rotatable bonds is 4. The predicted octanol–water partition coefficient (Wildman–Crippen LogP) is 4.45. The van der Waals surface area contributed by atoms with E-state index in [0.717, 1.165) is 30.5 Å². The molecular weight excluding hydrogens is 374 g/mol. The summed E-state index contributed by atoms with van der Waals surface area (Å²) in [6.07, 6.45) is 1.90. The molecule has 140 valence electrons. The first kappa shape index (κ1) is 20.7. The lowest BCUT2D eigenvalue weighted by molar-refractivity contribution is -0.136. The van der Waals surface area contributed by atoms with Gasteiger partial charge in [-0.2, -0.15) is 0 Å². The number of nitrogens with zero attached hydrogens (tertiary/aromatic N) is 1. The molecule has 2 aromatic carbocycles. The number of hydrogen-bond donors (Lipinski definition) is 1. The van der Waals surface area contributed by atoms with E-state index < -0.39 is 0 Å². The molecule has 1 fully saturated rings. The molecule has 1 heterocycles. The summed E-state index contributed by atoms with van der Waals surface area (Å²) in [5.41, 5.74) is 1.83. The van der Waals surface area contributed by atoms with Gasteiger partial charge in [-0.3, -0.25) is 4.79 Å². The van der Waals surface area contributed by atoms with Crippen molar-refractivity contribution in [3.63, 3.8) is 0 Å². The first-order valence-corrected chi connectivity index (χ1v) is 8.92. The summed E-state index contributed by atoms with van der Waals surface area (Å²) < 4.78 is 13.3. The normalized spacial score (nSPS) is 17.9. The molecule has 2 unspecified atom stereocenters. The van der Waals surface area contributed by atoms with E-state index in [0.29, 0.717) is 11.6 Å². The van der Waals surface area contributed by atoms with Crippen LogP contribution < -0.4 is 5.32 Å². The van der Waals surface area contributed by atoms with Gasteiger partial charge in [0.05, 0.1) is 12.0 Å². The molecular formula is C20H23Cl2FN2O. The fourth-order valence-electron chi connectivity index (χ4n) is 3.41. The highest BCUT2D eigenvalue weighted by molar-refractivity contribution is 6.30. The zero-order valence-corrected chi connectivity index (χ0v) is 16.2. The lowest BCUT2D eigenvalue weighted by Gasteiger charge is -2.33. The quantitative estimate of drug-likeness (QED) is 0.827. The van der Waals surface area contributed by atoms with E-state index >= 15 is 0 Å². The van der Waals surface area contributed by atoms with Gasteiger partial charge < -0.3 is 10.2 Å². The Labute approximate surface area is 164 Å². The minimum atomic E-state index is -0.288. The summed E-state index contributed by atoms with van der Waals surface area (Å²) in [4.78, 5) is 14.8. The molecule has 1 aliphatic rings. The fourth-order valence-corrected chi connectivity index (χ4v) is 3.53. The van der Waals surface area contributed by atoms with E-state index in [1.165, 1.54) is 12.1 Å². The van der Waals surface area contributed by atoms with Crippen molar-refractivity contribution < 1.29 is 9.18 Å². The SMILES string of the molecule is CN(C(=O)C1CCCNC1)C(c1ccc(F)cc1)c1ccc(Cl)cc1.Cl. The summed E-state index contributed by atoms with van der Waals surface area (Å²) in [7, 11) is 1.82. The Hall–Kier alpha value is -1.62. The second kappa shape index (κ2) is 9.36. The number of piperidine rings is 1. The van der Waals surface area contributed by atoms with Gasteiger partial charge in [0.15, 0.2) is 0 Å². The highest BCUT2D eigenvalue weighted by Gasteiger charge is 2.29. The van der Waals surface area contributed by atoms with Gasteiger partial charge in [-0.25, -0.2) is 4.39 Å². The van der Waals surface area contributed by atoms with E-state index in [1.807, 2.05) is 31.3 Å². The molecule has 0 aliphatic carbocycles. The number of amides is 1. The van der Waals surface area contributed by atoms with E-state index in [1.54, 1.807) is 17.0 Å². The molecule has 1 N–H and O–H groups in total. The summed E-state index contributed by atoms with van der Waals surface area (Å²) >= 11 is 6.01. The number of carbonyl (C=O) groups excluding carboxylic acids is 1. The van der Waals surface area contributed by atoms with E-state index in [4.69, 9.17) is 11.6 Å². The lowest BCUT2D eigenvalue weighted by atomic mass is 9.93.